The average Bonchev–Trinajstić information content (AvgIpc) is 2.02. The summed E-state index contributed by atoms with van der Waals surface area (Å²) in [5.74, 6) is 0.192. The summed E-state index contributed by atoms with van der Waals surface area (Å²) >= 11 is 0. The van der Waals surface area contributed by atoms with Gasteiger partial charge in [-0.05, 0) is 40.3 Å². The minimum absolute atomic E-state index is 0.192. The van der Waals surface area contributed by atoms with E-state index in [0.29, 0.717) is 6.04 Å². The fourth-order valence-corrected chi connectivity index (χ4v) is 0.939. The van der Waals surface area contributed by atoms with E-state index in [1.807, 2.05) is 0 Å². The van der Waals surface area contributed by atoms with Crippen molar-refractivity contribution < 1.29 is 0 Å². The highest BCUT2D eigenvalue weighted by molar-refractivity contribution is 5.75. The predicted molar refractivity (Wildman–Crippen MR) is 57.7 cm³/mol. The summed E-state index contributed by atoms with van der Waals surface area (Å²) in [7, 11) is 2.13. The second-order valence-electron chi connectivity index (χ2n) is 3.59. The summed E-state index contributed by atoms with van der Waals surface area (Å²) in [5.41, 5.74) is 10.4. The number of rotatable bonds is 6. The zero-order valence-corrected chi connectivity index (χ0v) is 8.95. The highest BCUT2D eigenvalue weighted by Gasteiger charge is 2.00. The van der Waals surface area contributed by atoms with E-state index in [9.17, 15) is 0 Å². The SMILES string of the molecule is CC(C)N(C)CCCCN=C(N)N. The number of unbranched alkanes of at least 4 members (excludes halogenated alkanes) is 1. The summed E-state index contributed by atoms with van der Waals surface area (Å²) in [4.78, 5) is 6.23. The third-order valence-electron chi connectivity index (χ3n) is 2.09. The van der Waals surface area contributed by atoms with E-state index < -0.39 is 0 Å². The third kappa shape index (κ3) is 7.59. The first-order valence-electron chi connectivity index (χ1n) is 4.79. The molecule has 0 aliphatic heterocycles. The van der Waals surface area contributed by atoms with Crippen molar-refractivity contribution in [3.63, 3.8) is 0 Å². The molecule has 0 aliphatic rings. The lowest BCUT2D eigenvalue weighted by Gasteiger charge is -2.20. The molecule has 0 unspecified atom stereocenters. The highest BCUT2D eigenvalue weighted by atomic mass is 15.1. The van der Waals surface area contributed by atoms with Gasteiger partial charge >= 0.3 is 0 Å². The quantitative estimate of drug-likeness (QED) is 0.358. The smallest absolute Gasteiger partial charge is 0.185 e. The predicted octanol–water partition coefficient (Wildman–Crippen LogP) is 0.380. The van der Waals surface area contributed by atoms with Crippen LogP contribution < -0.4 is 11.5 Å². The van der Waals surface area contributed by atoms with Gasteiger partial charge in [-0.15, -0.1) is 0 Å². The van der Waals surface area contributed by atoms with Crippen molar-refractivity contribution in [3.8, 4) is 0 Å². The van der Waals surface area contributed by atoms with Crippen molar-refractivity contribution in [2.75, 3.05) is 20.1 Å². The first-order chi connectivity index (χ1) is 6.04. The van der Waals surface area contributed by atoms with E-state index in [2.05, 4.69) is 30.8 Å². The van der Waals surface area contributed by atoms with Gasteiger partial charge in [0.05, 0.1) is 0 Å². The molecule has 0 saturated heterocycles. The summed E-state index contributed by atoms with van der Waals surface area (Å²) < 4.78 is 0. The van der Waals surface area contributed by atoms with E-state index in [1.54, 1.807) is 0 Å². The van der Waals surface area contributed by atoms with Crippen LogP contribution in [0.25, 0.3) is 0 Å². The monoisotopic (exact) mass is 186 g/mol. The molecule has 0 radical (unpaired) electrons. The lowest BCUT2D eigenvalue weighted by Crippen LogP contribution is -2.27. The van der Waals surface area contributed by atoms with Crippen molar-refractivity contribution >= 4 is 5.96 Å². The van der Waals surface area contributed by atoms with Crippen LogP contribution in [0.1, 0.15) is 26.7 Å². The minimum atomic E-state index is 0.192. The van der Waals surface area contributed by atoms with Crippen molar-refractivity contribution in [1.29, 1.82) is 0 Å². The van der Waals surface area contributed by atoms with Gasteiger partial charge in [0.25, 0.3) is 0 Å². The lowest BCUT2D eigenvalue weighted by atomic mass is 10.2. The molecule has 0 amide bonds. The Morgan fingerprint density at radius 3 is 2.38 bits per heavy atom. The summed E-state index contributed by atoms with van der Waals surface area (Å²) in [5, 5.41) is 0. The molecule has 0 rings (SSSR count). The largest absolute Gasteiger partial charge is 0.370 e. The molecule has 0 aromatic rings. The third-order valence-corrected chi connectivity index (χ3v) is 2.09. The average molecular weight is 186 g/mol. The molecule has 13 heavy (non-hydrogen) atoms. The van der Waals surface area contributed by atoms with Crippen LogP contribution in [0.3, 0.4) is 0 Å². The molecule has 4 nitrogen and oxygen atoms in total. The van der Waals surface area contributed by atoms with Crippen molar-refractivity contribution in [2.45, 2.75) is 32.7 Å². The maximum Gasteiger partial charge on any atom is 0.185 e. The maximum atomic E-state index is 5.20. The minimum Gasteiger partial charge on any atom is -0.370 e. The Morgan fingerprint density at radius 2 is 1.92 bits per heavy atom. The molecular formula is C9H22N4. The molecule has 4 heteroatoms. The van der Waals surface area contributed by atoms with Crippen LogP contribution in [0.4, 0.5) is 0 Å². The molecular weight excluding hydrogens is 164 g/mol. The molecule has 0 bridgehead atoms. The Kier molecular flexibility index (Phi) is 6.32. The first-order valence-corrected chi connectivity index (χ1v) is 4.79. The molecule has 78 valence electrons. The van der Waals surface area contributed by atoms with Gasteiger partial charge in [-0.3, -0.25) is 4.99 Å². The van der Waals surface area contributed by atoms with Gasteiger partial charge in [0.2, 0.25) is 0 Å². The van der Waals surface area contributed by atoms with E-state index >= 15 is 0 Å². The summed E-state index contributed by atoms with van der Waals surface area (Å²) in [6, 6.07) is 0.614. The Hall–Kier alpha value is -0.770. The Balaban J connectivity index is 3.31. The fraction of sp³-hybridized carbons (Fsp3) is 0.889. The van der Waals surface area contributed by atoms with Gasteiger partial charge in [0, 0.05) is 12.6 Å². The van der Waals surface area contributed by atoms with Crippen LogP contribution >= 0.6 is 0 Å². The van der Waals surface area contributed by atoms with E-state index in [-0.39, 0.29) is 5.96 Å². The van der Waals surface area contributed by atoms with Crippen LogP contribution in [-0.2, 0) is 0 Å². The van der Waals surface area contributed by atoms with E-state index in [1.165, 1.54) is 0 Å². The molecule has 0 heterocycles. The first kappa shape index (κ1) is 12.2. The van der Waals surface area contributed by atoms with E-state index in [0.717, 1.165) is 25.9 Å². The fourth-order valence-electron chi connectivity index (χ4n) is 0.939. The normalized spacial score (nSPS) is 10.8. The van der Waals surface area contributed by atoms with Crippen LogP contribution in [-0.4, -0.2) is 37.0 Å². The number of nitrogens with zero attached hydrogens (tertiary/aromatic N) is 2. The van der Waals surface area contributed by atoms with Gasteiger partial charge in [-0.2, -0.15) is 0 Å². The second kappa shape index (κ2) is 6.71. The molecule has 0 atom stereocenters. The molecule has 0 spiro atoms. The number of hydrogen-bond acceptors (Lipinski definition) is 2. The van der Waals surface area contributed by atoms with Crippen LogP contribution in [0.5, 0.6) is 0 Å². The summed E-state index contributed by atoms with van der Waals surface area (Å²) in [6.45, 7) is 6.23. The van der Waals surface area contributed by atoms with Gasteiger partial charge in [0.15, 0.2) is 5.96 Å². The molecule has 0 aromatic heterocycles. The lowest BCUT2D eigenvalue weighted by molar-refractivity contribution is 0.269. The van der Waals surface area contributed by atoms with Crippen LogP contribution in [0, 0.1) is 0 Å². The molecule has 0 fully saturated rings. The zero-order valence-electron chi connectivity index (χ0n) is 8.95. The van der Waals surface area contributed by atoms with Crippen molar-refractivity contribution in [1.82, 2.24) is 4.90 Å². The molecule has 4 N–H and O–H groups in total. The number of hydrogen-bond donors (Lipinski definition) is 2. The number of nitrogens with two attached hydrogens (primary N) is 2. The molecule has 0 aromatic carbocycles. The molecule has 0 saturated carbocycles. The van der Waals surface area contributed by atoms with Gasteiger partial charge in [-0.1, -0.05) is 0 Å². The summed E-state index contributed by atoms with van der Waals surface area (Å²) in [6.07, 6.45) is 2.19. The van der Waals surface area contributed by atoms with E-state index in [4.69, 9.17) is 11.5 Å². The number of aliphatic imine (C=N–C) groups is 1. The Morgan fingerprint density at radius 1 is 1.31 bits per heavy atom. The standard InChI is InChI=1S/C9H22N4/c1-8(2)13(3)7-5-4-6-12-9(10)11/h8H,4-7H2,1-3H3,(H4,10,11,12). The van der Waals surface area contributed by atoms with Gasteiger partial charge in [0.1, 0.15) is 0 Å². The van der Waals surface area contributed by atoms with Crippen molar-refractivity contribution in [3.05, 3.63) is 0 Å². The Bertz CT molecular complexity index is 150. The van der Waals surface area contributed by atoms with Gasteiger partial charge < -0.3 is 16.4 Å². The van der Waals surface area contributed by atoms with Crippen LogP contribution in [0.15, 0.2) is 4.99 Å². The number of guanidine groups is 1. The second-order valence-corrected chi connectivity index (χ2v) is 3.59. The highest BCUT2D eigenvalue weighted by Crippen LogP contribution is 1.97. The maximum absolute atomic E-state index is 5.20. The zero-order chi connectivity index (χ0) is 10.3. The molecule has 0 aliphatic carbocycles. The van der Waals surface area contributed by atoms with Crippen LogP contribution in [0.2, 0.25) is 0 Å². The topological polar surface area (TPSA) is 67.6 Å². The van der Waals surface area contributed by atoms with Gasteiger partial charge in [-0.25, -0.2) is 0 Å². The Labute approximate surface area is 81.0 Å². The van der Waals surface area contributed by atoms with Crippen molar-refractivity contribution in [2.24, 2.45) is 16.5 Å².